The number of piperazine rings is 1. The first-order valence-electron chi connectivity index (χ1n) is 6.03. The molecule has 2 heterocycles. The lowest BCUT2D eigenvalue weighted by Gasteiger charge is -2.41. The Balaban J connectivity index is 2.07. The normalized spacial score (nSPS) is 23.2. The van der Waals surface area contributed by atoms with Crippen LogP contribution in [-0.2, 0) is 0 Å². The second-order valence-corrected chi connectivity index (χ2v) is 6.73. The number of aryl methyl sites for hydroxylation is 1. The van der Waals surface area contributed by atoms with Crippen molar-refractivity contribution in [1.29, 1.82) is 0 Å². The van der Waals surface area contributed by atoms with Crippen molar-refractivity contribution >= 4 is 11.3 Å². The highest BCUT2D eigenvalue weighted by molar-refractivity contribution is 7.12. The van der Waals surface area contributed by atoms with Gasteiger partial charge in [-0.3, -0.25) is 4.90 Å². The van der Waals surface area contributed by atoms with Gasteiger partial charge in [0.1, 0.15) is 0 Å². The maximum atomic E-state index is 3.56. The second-order valence-electron chi connectivity index (χ2n) is 5.41. The minimum Gasteiger partial charge on any atom is -0.309 e. The van der Waals surface area contributed by atoms with E-state index < -0.39 is 0 Å². The molecule has 1 aliphatic heterocycles. The summed E-state index contributed by atoms with van der Waals surface area (Å²) in [5.74, 6) is 0. The van der Waals surface area contributed by atoms with E-state index in [-0.39, 0.29) is 5.54 Å². The van der Waals surface area contributed by atoms with Gasteiger partial charge in [-0.05, 0) is 39.8 Å². The van der Waals surface area contributed by atoms with Crippen molar-refractivity contribution in [3.63, 3.8) is 0 Å². The molecule has 3 heteroatoms. The lowest BCUT2D eigenvalue weighted by molar-refractivity contribution is 0.118. The van der Waals surface area contributed by atoms with Crippen LogP contribution in [0, 0.1) is 6.92 Å². The summed E-state index contributed by atoms with van der Waals surface area (Å²) < 4.78 is 0. The lowest BCUT2D eigenvalue weighted by Crippen LogP contribution is -2.57. The van der Waals surface area contributed by atoms with E-state index in [9.17, 15) is 0 Å². The summed E-state index contributed by atoms with van der Waals surface area (Å²) in [5.41, 5.74) is 0.249. The lowest BCUT2D eigenvalue weighted by atomic mass is 10.0. The van der Waals surface area contributed by atoms with Crippen LogP contribution in [0.5, 0.6) is 0 Å². The van der Waals surface area contributed by atoms with Crippen molar-refractivity contribution in [3.05, 3.63) is 21.9 Å². The molecule has 1 saturated heterocycles. The first-order chi connectivity index (χ1) is 7.48. The van der Waals surface area contributed by atoms with Gasteiger partial charge in [-0.15, -0.1) is 11.3 Å². The summed E-state index contributed by atoms with van der Waals surface area (Å²) in [5, 5.41) is 3.56. The van der Waals surface area contributed by atoms with E-state index in [1.807, 2.05) is 11.3 Å². The van der Waals surface area contributed by atoms with Gasteiger partial charge < -0.3 is 5.32 Å². The number of nitrogens with one attached hydrogen (secondary N) is 1. The molecule has 0 saturated carbocycles. The molecule has 90 valence electrons. The fourth-order valence-corrected chi connectivity index (χ4v) is 3.33. The van der Waals surface area contributed by atoms with Gasteiger partial charge in [-0.2, -0.15) is 0 Å². The van der Waals surface area contributed by atoms with E-state index in [1.54, 1.807) is 0 Å². The van der Waals surface area contributed by atoms with E-state index in [0.29, 0.717) is 6.04 Å². The first-order valence-corrected chi connectivity index (χ1v) is 6.85. The third kappa shape index (κ3) is 2.65. The van der Waals surface area contributed by atoms with E-state index in [1.165, 1.54) is 9.75 Å². The Hall–Kier alpha value is -0.380. The minimum absolute atomic E-state index is 0.249. The highest BCUT2D eigenvalue weighted by atomic mass is 32.1. The van der Waals surface area contributed by atoms with Crippen molar-refractivity contribution in [2.45, 2.75) is 39.3 Å². The maximum absolute atomic E-state index is 3.56. The van der Waals surface area contributed by atoms with Crippen LogP contribution < -0.4 is 5.32 Å². The molecule has 1 aromatic heterocycles. The van der Waals surface area contributed by atoms with Crippen LogP contribution in [0.1, 0.15) is 36.6 Å². The van der Waals surface area contributed by atoms with Crippen LogP contribution in [-0.4, -0.2) is 30.1 Å². The standard InChI is InChI=1S/C13H22N2S/c1-10-5-6-12(16-10)11(2)15-8-7-14-13(3,4)9-15/h5-6,11,14H,7-9H2,1-4H3. The van der Waals surface area contributed by atoms with Crippen molar-refractivity contribution in [2.75, 3.05) is 19.6 Å². The summed E-state index contributed by atoms with van der Waals surface area (Å²) in [6.45, 7) is 12.5. The number of hydrogen-bond donors (Lipinski definition) is 1. The van der Waals surface area contributed by atoms with Crippen LogP contribution in [0.25, 0.3) is 0 Å². The Kier molecular flexibility index (Phi) is 3.38. The Labute approximate surface area is 103 Å². The number of thiophene rings is 1. The molecule has 0 radical (unpaired) electrons. The SMILES string of the molecule is Cc1ccc(C(C)N2CCNC(C)(C)C2)s1. The Morgan fingerprint density at radius 1 is 1.44 bits per heavy atom. The van der Waals surface area contributed by atoms with Gasteiger partial charge in [0.2, 0.25) is 0 Å². The highest BCUT2D eigenvalue weighted by Gasteiger charge is 2.29. The van der Waals surface area contributed by atoms with Gasteiger partial charge in [-0.1, -0.05) is 0 Å². The maximum Gasteiger partial charge on any atom is 0.0414 e. The zero-order chi connectivity index (χ0) is 11.8. The molecule has 1 aromatic rings. The van der Waals surface area contributed by atoms with Crippen LogP contribution >= 0.6 is 11.3 Å². The van der Waals surface area contributed by atoms with Gasteiger partial charge in [0, 0.05) is 41.0 Å². The van der Waals surface area contributed by atoms with Crippen molar-refractivity contribution in [3.8, 4) is 0 Å². The summed E-state index contributed by atoms with van der Waals surface area (Å²) in [4.78, 5) is 5.49. The molecular formula is C13H22N2S. The van der Waals surface area contributed by atoms with E-state index >= 15 is 0 Å². The van der Waals surface area contributed by atoms with Crippen molar-refractivity contribution in [1.82, 2.24) is 10.2 Å². The van der Waals surface area contributed by atoms with Gasteiger partial charge in [-0.25, -0.2) is 0 Å². The van der Waals surface area contributed by atoms with Crippen LogP contribution in [0.2, 0.25) is 0 Å². The molecule has 16 heavy (non-hydrogen) atoms. The molecule has 1 atom stereocenters. The summed E-state index contributed by atoms with van der Waals surface area (Å²) in [7, 11) is 0. The summed E-state index contributed by atoms with van der Waals surface area (Å²) in [6.07, 6.45) is 0. The second kappa shape index (κ2) is 4.47. The molecule has 1 N–H and O–H groups in total. The Bertz CT molecular complexity index is 357. The third-order valence-electron chi connectivity index (χ3n) is 3.32. The van der Waals surface area contributed by atoms with E-state index in [2.05, 4.69) is 50.0 Å². The van der Waals surface area contributed by atoms with Crippen molar-refractivity contribution < 1.29 is 0 Å². The van der Waals surface area contributed by atoms with Crippen LogP contribution in [0.4, 0.5) is 0 Å². The number of nitrogens with zero attached hydrogens (tertiary/aromatic N) is 1. The van der Waals surface area contributed by atoms with Gasteiger partial charge in [0.15, 0.2) is 0 Å². The van der Waals surface area contributed by atoms with E-state index in [4.69, 9.17) is 0 Å². The summed E-state index contributed by atoms with van der Waals surface area (Å²) >= 11 is 1.93. The molecule has 0 aromatic carbocycles. The minimum atomic E-state index is 0.249. The zero-order valence-corrected chi connectivity index (χ0v) is 11.5. The molecule has 1 fully saturated rings. The van der Waals surface area contributed by atoms with Gasteiger partial charge in [0.25, 0.3) is 0 Å². The zero-order valence-electron chi connectivity index (χ0n) is 10.7. The van der Waals surface area contributed by atoms with Crippen LogP contribution in [0.3, 0.4) is 0 Å². The Morgan fingerprint density at radius 2 is 2.19 bits per heavy atom. The molecule has 1 aliphatic rings. The average molecular weight is 238 g/mol. The third-order valence-corrected chi connectivity index (χ3v) is 4.49. The topological polar surface area (TPSA) is 15.3 Å². The molecule has 0 amide bonds. The Morgan fingerprint density at radius 3 is 2.75 bits per heavy atom. The monoisotopic (exact) mass is 238 g/mol. The fraction of sp³-hybridized carbons (Fsp3) is 0.692. The molecule has 0 aliphatic carbocycles. The van der Waals surface area contributed by atoms with Crippen LogP contribution in [0.15, 0.2) is 12.1 Å². The fourth-order valence-electron chi connectivity index (χ4n) is 2.37. The molecule has 2 rings (SSSR count). The number of rotatable bonds is 2. The molecule has 1 unspecified atom stereocenters. The molecular weight excluding hydrogens is 216 g/mol. The smallest absolute Gasteiger partial charge is 0.0414 e. The summed E-state index contributed by atoms with van der Waals surface area (Å²) in [6, 6.07) is 5.06. The molecule has 2 nitrogen and oxygen atoms in total. The van der Waals surface area contributed by atoms with Gasteiger partial charge >= 0.3 is 0 Å². The molecule has 0 spiro atoms. The van der Waals surface area contributed by atoms with E-state index in [0.717, 1.165) is 19.6 Å². The predicted octanol–water partition coefficient (Wildman–Crippen LogP) is 2.80. The molecule has 0 bridgehead atoms. The van der Waals surface area contributed by atoms with Gasteiger partial charge in [0.05, 0.1) is 0 Å². The predicted molar refractivity (Wildman–Crippen MR) is 71.1 cm³/mol. The highest BCUT2D eigenvalue weighted by Crippen LogP contribution is 2.29. The largest absolute Gasteiger partial charge is 0.309 e. The number of hydrogen-bond acceptors (Lipinski definition) is 3. The van der Waals surface area contributed by atoms with Crippen molar-refractivity contribution in [2.24, 2.45) is 0 Å². The average Bonchev–Trinajstić information content (AvgIpc) is 2.62. The quantitative estimate of drug-likeness (QED) is 0.852. The first kappa shape index (κ1) is 12.1.